The summed E-state index contributed by atoms with van der Waals surface area (Å²) >= 11 is 1.52. The number of hydrogen-bond donors (Lipinski definition) is 2. The fourth-order valence-corrected chi connectivity index (χ4v) is 3.68. The fraction of sp³-hybridized carbons (Fsp3) is 0.455. The van der Waals surface area contributed by atoms with Crippen molar-refractivity contribution in [1.82, 2.24) is 19.7 Å². The normalized spacial score (nSPS) is 13.6. The smallest absolute Gasteiger partial charge is 0.258 e. The van der Waals surface area contributed by atoms with E-state index in [1.165, 1.54) is 17.5 Å². The van der Waals surface area contributed by atoms with Gasteiger partial charge in [0.2, 0.25) is 0 Å². The quantitative estimate of drug-likeness (QED) is 0.881. The van der Waals surface area contributed by atoms with Crippen LogP contribution in [0, 0.1) is 6.92 Å². The highest BCUT2D eigenvalue weighted by Gasteiger charge is 2.21. The number of aromatic amines is 1. The number of aryl methyl sites for hydroxylation is 2. The Morgan fingerprint density at radius 2 is 2.16 bits per heavy atom. The zero-order chi connectivity index (χ0) is 14.0. The number of aromatic nitrogens is 3. The van der Waals surface area contributed by atoms with Gasteiger partial charge in [-0.2, -0.15) is 0 Å². The van der Waals surface area contributed by atoms with Crippen LogP contribution < -0.4 is 4.72 Å². The molecular formula is C11H16N4O2S2. The summed E-state index contributed by atoms with van der Waals surface area (Å²) in [5.41, 5.74) is 0. The van der Waals surface area contributed by atoms with E-state index in [-0.39, 0.29) is 11.1 Å². The first-order valence-electron chi connectivity index (χ1n) is 5.91. The van der Waals surface area contributed by atoms with Gasteiger partial charge in [0.05, 0.1) is 12.2 Å². The number of nitrogens with zero attached hydrogens (tertiary/aromatic N) is 2. The van der Waals surface area contributed by atoms with Crippen LogP contribution in [0.15, 0.2) is 17.4 Å². The third-order valence-corrected chi connectivity index (χ3v) is 5.37. The standard InChI is InChI=1S/C11H16N4O2S2/c1-4-9-5-13-11(18-9)7(2)15-19(16,17)10-6-12-8(3)14-10/h5-7,15H,4H2,1-3H3,(H,12,14). The molecule has 0 aromatic carbocycles. The van der Waals surface area contributed by atoms with E-state index in [9.17, 15) is 8.42 Å². The summed E-state index contributed by atoms with van der Waals surface area (Å²) in [6, 6.07) is -0.362. The third-order valence-electron chi connectivity index (χ3n) is 2.59. The lowest BCUT2D eigenvalue weighted by Crippen LogP contribution is -2.27. The van der Waals surface area contributed by atoms with Crippen LogP contribution in [-0.4, -0.2) is 23.4 Å². The van der Waals surface area contributed by atoms with Gasteiger partial charge in [0.1, 0.15) is 10.8 Å². The number of sulfonamides is 1. The van der Waals surface area contributed by atoms with Crippen molar-refractivity contribution in [2.75, 3.05) is 0 Å². The van der Waals surface area contributed by atoms with Crippen LogP contribution in [0.3, 0.4) is 0 Å². The van der Waals surface area contributed by atoms with Gasteiger partial charge in [-0.1, -0.05) is 6.92 Å². The molecule has 0 aliphatic rings. The molecule has 0 bridgehead atoms. The number of rotatable bonds is 5. The largest absolute Gasteiger partial charge is 0.332 e. The molecule has 0 aliphatic carbocycles. The summed E-state index contributed by atoms with van der Waals surface area (Å²) < 4.78 is 26.8. The summed E-state index contributed by atoms with van der Waals surface area (Å²) in [5, 5.41) is 0.834. The van der Waals surface area contributed by atoms with Crippen molar-refractivity contribution in [1.29, 1.82) is 0 Å². The van der Waals surface area contributed by atoms with Crippen LogP contribution in [0.2, 0.25) is 0 Å². The first kappa shape index (κ1) is 14.2. The molecule has 2 rings (SSSR count). The van der Waals surface area contributed by atoms with E-state index in [2.05, 4.69) is 19.7 Å². The maximum Gasteiger partial charge on any atom is 0.258 e. The van der Waals surface area contributed by atoms with Crippen LogP contribution in [0.25, 0.3) is 0 Å². The molecule has 2 aromatic heterocycles. The second kappa shape index (κ2) is 5.40. The minimum atomic E-state index is -3.59. The lowest BCUT2D eigenvalue weighted by molar-refractivity contribution is 0.563. The highest BCUT2D eigenvalue weighted by molar-refractivity contribution is 7.89. The van der Waals surface area contributed by atoms with Crippen LogP contribution in [0.4, 0.5) is 0 Å². The molecule has 1 unspecified atom stereocenters. The first-order chi connectivity index (χ1) is 8.92. The Morgan fingerprint density at radius 1 is 1.42 bits per heavy atom. The molecule has 0 saturated heterocycles. The number of thiazole rings is 1. The van der Waals surface area contributed by atoms with Crippen molar-refractivity contribution in [3.05, 3.63) is 28.1 Å². The van der Waals surface area contributed by atoms with Crippen molar-refractivity contribution in [3.8, 4) is 0 Å². The maximum atomic E-state index is 12.1. The molecule has 19 heavy (non-hydrogen) atoms. The zero-order valence-electron chi connectivity index (χ0n) is 11.0. The highest BCUT2D eigenvalue weighted by Crippen LogP contribution is 2.21. The Hall–Kier alpha value is -1.25. The topological polar surface area (TPSA) is 87.7 Å². The lowest BCUT2D eigenvalue weighted by Gasteiger charge is -2.10. The molecule has 104 valence electrons. The van der Waals surface area contributed by atoms with E-state index in [1.807, 2.05) is 6.92 Å². The number of hydrogen-bond acceptors (Lipinski definition) is 5. The van der Waals surface area contributed by atoms with Crippen LogP contribution in [0.1, 0.15) is 35.6 Å². The number of nitrogens with one attached hydrogen (secondary N) is 2. The van der Waals surface area contributed by atoms with Gasteiger partial charge in [0.15, 0.2) is 5.03 Å². The second-order valence-corrected chi connectivity index (χ2v) is 7.02. The third kappa shape index (κ3) is 3.20. The zero-order valence-corrected chi connectivity index (χ0v) is 12.6. The summed E-state index contributed by atoms with van der Waals surface area (Å²) in [4.78, 5) is 12.0. The van der Waals surface area contributed by atoms with E-state index < -0.39 is 10.0 Å². The van der Waals surface area contributed by atoms with E-state index in [4.69, 9.17) is 0 Å². The fourth-order valence-electron chi connectivity index (χ4n) is 1.57. The van der Waals surface area contributed by atoms with E-state index >= 15 is 0 Å². The minimum absolute atomic E-state index is 0.0733. The van der Waals surface area contributed by atoms with Crippen molar-refractivity contribution >= 4 is 21.4 Å². The lowest BCUT2D eigenvalue weighted by atomic mass is 10.4. The minimum Gasteiger partial charge on any atom is -0.332 e. The molecule has 2 N–H and O–H groups in total. The Balaban J connectivity index is 2.16. The van der Waals surface area contributed by atoms with Gasteiger partial charge in [-0.15, -0.1) is 11.3 Å². The summed E-state index contributed by atoms with van der Waals surface area (Å²) in [5.74, 6) is 0.565. The van der Waals surface area contributed by atoms with Crippen molar-refractivity contribution < 1.29 is 8.42 Å². The van der Waals surface area contributed by atoms with Gasteiger partial charge in [-0.3, -0.25) is 0 Å². The average molecular weight is 300 g/mol. The number of H-pyrrole nitrogens is 1. The number of imidazole rings is 1. The molecule has 1 atom stereocenters. The van der Waals surface area contributed by atoms with Crippen molar-refractivity contribution in [3.63, 3.8) is 0 Å². The Bertz CT molecular complexity index is 660. The predicted octanol–water partition coefficient (Wildman–Crippen LogP) is 1.78. The first-order valence-corrected chi connectivity index (χ1v) is 8.21. The molecule has 0 spiro atoms. The summed E-state index contributed by atoms with van der Waals surface area (Å²) in [6.07, 6.45) is 3.99. The van der Waals surface area contributed by atoms with Gasteiger partial charge in [-0.25, -0.2) is 23.1 Å². The molecular weight excluding hydrogens is 284 g/mol. The van der Waals surface area contributed by atoms with E-state index in [0.717, 1.165) is 16.3 Å². The molecule has 0 saturated carbocycles. The van der Waals surface area contributed by atoms with Gasteiger partial charge in [0.25, 0.3) is 10.0 Å². The highest BCUT2D eigenvalue weighted by atomic mass is 32.2. The van der Waals surface area contributed by atoms with Crippen LogP contribution in [0.5, 0.6) is 0 Å². The Labute approximate surface area is 116 Å². The molecule has 8 heteroatoms. The van der Waals surface area contributed by atoms with Crippen LogP contribution in [-0.2, 0) is 16.4 Å². The predicted molar refractivity (Wildman–Crippen MR) is 73.6 cm³/mol. The van der Waals surface area contributed by atoms with Gasteiger partial charge >= 0.3 is 0 Å². The molecule has 2 heterocycles. The second-order valence-electron chi connectivity index (χ2n) is 4.19. The molecule has 0 amide bonds. The average Bonchev–Trinajstić information content (AvgIpc) is 2.96. The Kier molecular flexibility index (Phi) is 4.02. The van der Waals surface area contributed by atoms with Gasteiger partial charge in [-0.05, 0) is 20.3 Å². The van der Waals surface area contributed by atoms with E-state index in [1.54, 1.807) is 20.0 Å². The van der Waals surface area contributed by atoms with Crippen molar-refractivity contribution in [2.45, 2.75) is 38.3 Å². The molecule has 0 radical (unpaired) electrons. The van der Waals surface area contributed by atoms with Crippen LogP contribution >= 0.6 is 11.3 Å². The maximum absolute atomic E-state index is 12.1. The summed E-state index contributed by atoms with van der Waals surface area (Å²) in [6.45, 7) is 5.52. The monoisotopic (exact) mass is 300 g/mol. The van der Waals surface area contributed by atoms with Gasteiger partial charge < -0.3 is 4.98 Å². The molecule has 2 aromatic rings. The van der Waals surface area contributed by atoms with Gasteiger partial charge in [0, 0.05) is 11.1 Å². The molecule has 0 aliphatic heterocycles. The summed E-state index contributed by atoms with van der Waals surface area (Å²) in [7, 11) is -3.59. The SMILES string of the molecule is CCc1cnc(C(C)NS(=O)(=O)c2cnc(C)[nH]2)s1. The van der Waals surface area contributed by atoms with E-state index in [0.29, 0.717) is 5.82 Å². The molecule has 0 fully saturated rings. The Morgan fingerprint density at radius 3 is 2.68 bits per heavy atom. The van der Waals surface area contributed by atoms with Crippen molar-refractivity contribution in [2.24, 2.45) is 0 Å². The molecule has 6 nitrogen and oxygen atoms in total.